The summed E-state index contributed by atoms with van der Waals surface area (Å²) >= 11 is 0. The van der Waals surface area contributed by atoms with Crippen molar-refractivity contribution >= 4 is 5.91 Å². The number of hydrogen-bond donors (Lipinski definition) is 2. The third-order valence-corrected chi connectivity index (χ3v) is 4.50. The van der Waals surface area contributed by atoms with Crippen molar-refractivity contribution in [3.05, 3.63) is 36.1 Å². The normalized spacial score (nSPS) is 18.9. The Morgan fingerprint density at radius 1 is 1.33 bits per heavy atom. The lowest BCUT2D eigenvalue weighted by molar-refractivity contribution is 0.0621. The van der Waals surface area contributed by atoms with Crippen LogP contribution in [-0.2, 0) is 13.1 Å². The van der Waals surface area contributed by atoms with E-state index in [-0.39, 0.29) is 5.91 Å². The van der Waals surface area contributed by atoms with E-state index in [4.69, 9.17) is 4.42 Å². The third kappa shape index (κ3) is 3.65. The first kappa shape index (κ1) is 15.3. The van der Waals surface area contributed by atoms with Crippen LogP contribution in [0.2, 0.25) is 0 Å². The summed E-state index contributed by atoms with van der Waals surface area (Å²) in [5.74, 6) is 0.542. The zero-order chi connectivity index (χ0) is 16.4. The molecule has 3 heterocycles. The van der Waals surface area contributed by atoms with Crippen molar-refractivity contribution in [1.82, 2.24) is 30.1 Å². The van der Waals surface area contributed by atoms with Crippen LogP contribution in [0.15, 0.2) is 23.2 Å². The summed E-state index contributed by atoms with van der Waals surface area (Å²) in [6.07, 6.45) is 7.44. The molecule has 0 bridgehead atoms. The summed E-state index contributed by atoms with van der Waals surface area (Å²) in [5.41, 5.74) is 1.50. The van der Waals surface area contributed by atoms with Crippen LogP contribution >= 0.6 is 0 Å². The lowest BCUT2D eigenvalue weighted by atomic mass is 10.2. The molecule has 0 unspecified atom stereocenters. The molecular formula is C16H22N6O2. The van der Waals surface area contributed by atoms with Crippen molar-refractivity contribution in [2.75, 3.05) is 26.2 Å². The standard InChI is InChI=1S/C16H22N6O2/c23-16(14-10-24-15(20-14)8-18-12-1-2-12)22-5-3-21(4-6-22)9-13-7-17-11-19-13/h7,10-12,18H,1-6,8-9H2,(H,17,19). The number of piperazine rings is 1. The quantitative estimate of drug-likeness (QED) is 0.806. The molecule has 2 N–H and O–H groups in total. The summed E-state index contributed by atoms with van der Waals surface area (Å²) in [4.78, 5) is 28.2. The molecule has 2 aliphatic rings. The fourth-order valence-electron chi connectivity index (χ4n) is 2.89. The van der Waals surface area contributed by atoms with Gasteiger partial charge in [0.25, 0.3) is 5.91 Å². The van der Waals surface area contributed by atoms with Gasteiger partial charge in [0.05, 0.1) is 12.9 Å². The second kappa shape index (κ2) is 6.74. The number of nitrogens with zero attached hydrogens (tertiary/aromatic N) is 4. The predicted octanol–water partition coefficient (Wildman–Crippen LogP) is 0.608. The molecule has 0 atom stereocenters. The van der Waals surface area contributed by atoms with Gasteiger partial charge in [-0.1, -0.05) is 0 Å². The van der Waals surface area contributed by atoms with E-state index < -0.39 is 0 Å². The molecule has 4 rings (SSSR count). The van der Waals surface area contributed by atoms with Gasteiger partial charge in [0, 0.05) is 50.7 Å². The lowest BCUT2D eigenvalue weighted by Gasteiger charge is -2.34. The predicted molar refractivity (Wildman–Crippen MR) is 86.1 cm³/mol. The first-order valence-electron chi connectivity index (χ1n) is 8.44. The molecule has 8 heteroatoms. The van der Waals surface area contributed by atoms with Gasteiger partial charge in [0.2, 0.25) is 5.89 Å². The molecule has 0 spiro atoms. The summed E-state index contributed by atoms with van der Waals surface area (Å²) < 4.78 is 5.40. The highest BCUT2D eigenvalue weighted by Crippen LogP contribution is 2.19. The highest BCUT2D eigenvalue weighted by Gasteiger charge is 2.25. The molecule has 1 aliphatic carbocycles. The minimum absolute atomic E-state index is 0.0439. The van der Waals surface area contributed by atoms with Crippen LogP contribution in [-0.4, -0.2) is 62.9 Å². The minimum atomic E-state index is -0.0439. The number of amides is 1. The van der Waals surface area contributed by atoms with Crippen LogP contribution < -0.4 is 5.32 Å². The summed E-state index contributed by atoms with van der Waals surface area (Å²) in [6, 6.07) is 0.596. The number of H-pyrrole nitrogens is 1. The molecular weight excluding hydrogens is 308 g/mol. The van der Waals surface area contributed by atoms with E-state index in [9.17, 15) is 4.79 Å². The van der Waals surface area contributed by atoms with E-state index in [2.05, 4.69) is 25.2 Å². The van der Waals surface area contributed by atoms with Crippen molar-refractivity contribution in [1.29, 1.82) is 0 Å². The lowest BCUT2D eigenvalue weighted by Crippen LogP contribution is -2.48. The van der Waals surface area contributed by atoms with Gasteiger partial charge in [-0.3, -0.25) is 9.69 Å². The fourth-order valence-corrected chi connectivity index (χ4v) is 2.89. The van der Waals surface area contributed by atoms with Crippen molar-refractivity contribution < 1.29 is 9.21 Å². The van der Waals surface area contributed by atoms with Gasteiger partial charge in [0.1, 0.15) is 6.26 Å². The topological polar surface area (TPSA) is 90.3 Å². The maximum Gasteiger partial charge on any atom is 0.275 e. The Morgan fingerprint density at radius 2 is 2.17 bits per heavy atom. The van der Waals surface area contributed by atoms with Crippen LogP contribution in [0, 0.1) is 0 Å². The number of nitrogens with one attached hydrogen (secondary N) is 2. The second-order valence-corrected chi connectivity index (χ2v) is 6.43. The van der Waals surface area contributed by atoms with Gasteiger partial charge in [-0.15, -0.1) is 0 Å². The molecule has 1 amide bonds. The number of aromatic nitrogens is 3. The van der Waals surface area contributed by atoms with Crippen LogP contribution in [0.1, 0.15) is 34.9 Å². The number of carbonyl (C=O) groups is 1. The van der Waals surface area contributed by atoms with Crippen LogP contribution in [0.3, 0.4) is 0 Å². The third-order valence-electron chi connectivity index (χ3n) is 4.50. The molecule has 0 aromatic carbocycles. The van der Waals surface area contributed by atoms with Gasteiger partial charge >= 0.3 is 0 Å². The van der Waals surface area contributed by atoms with E-state index in [1.54, 1.807) is 6.33 Å². The van der Waals surface area contributed by atoms with Gasteiger partial charge < -0.3 is 19.6 Å². The van der Waals surface area contributed by atoms with Crippen LogP contribution in [0.25, 0.3) is 0 Å². The molecule has 2 aromatic heterocycles. The zero-order valence-corrected chi connectivity index (χ0v) is 13.6. The number of rotatable bonds is 6. The molecule has 2 fully saturated rings. The summed E-state index contributed by atoms with van der Waals surface area (Å²) in [5, 5.41) is 3.34. The molecule has 8 nitrogen and oxygen atoms in total. The zero-order valence-electron chi connectivity index (χ0n) is 13.6. The Hall–Kier alpha value is -2.19. The Labute approximate surface area is 140 Å². The highest BCUT2D eigenvalue weighted by molar-refractivity contribution is 5.92. The van der Waals surface area contributed by atoms with Gasteiger partial charge in [-0.2, -0.15) is 0 Å². The van der Waals surface area contributed by atoms with Crippen molar-refractivity contribution in [3.8, 4) is 0 Å². The Kier molecular flexibility index (Phi) is 4.31. The van der Waals surface area contributed by atoms with Crippen molar-refractivity contribution in [3.63, 3.8) is 0 Å². The minimum Gasteiger partial charge on any atom is -0.447 e. The summed E-state index contributed by atoms with van der Waals surface area (Å²) in [6.45, 7) is 4.53. The molecule has 1 saturated heterocycles. The van der Waals surface area contributed by atoms with E-state index in [0.717, 1.165) is 25.3 Å². The van der Waals surface area contributed by atoms with E-state index >= 15 is 0 Å². The number of oxazole rings is 1. The fraction of sp³-hybridized carbons (Fsp3) is 0.562. The maximum atomic E-state index is 12.5. The molecule has 0 radical (unpaired) electrons. The SMILES string of the molecule is O=C(c1coc(CNC2CC2)n1)N1CCN(Cc2cnc[nH]2)CC1. The van der Waals surface area contributed by atoms with E-state index in [1.807, 2.05) is 11.1 Å². The number of aromatic amines is 1. The number of carbonyl (C=O) groups excluding carboxylic acids is 1. The van der Waals surface area contributed by atoms with E-state index in [1.165, 1.54) is 19.1 Å². The molecule has 24 heavy (non-hydrogen) atoms. The van der Waals surface area contributed by atoms with Crippen LogP contribution in [0.4, 0.5) is 0 Å². The summed E-state index contributed by atoms with van der Waals surface area (Å²) in [7, 11) is 0. The Balaban J connectivity index is 1.27. The average molecular weight is 330 g/mol. The van der Waals surface area contributed by atoms with Gasteiger partial charge in [-0.25, -0.2) is 9.97 Å². The van der Waals surface area contributed by atoms with E-state index in [0.29, 0.717) is 37.3 Å². The molecule has 128 valence electrons. The number of hydrogen-bond acceptors (Lipinski definition) is 6. The Morgan fingerprint density at radius 3 is 2.88 bits per heavy atom. The monoisotopic (exact) mass is 330 g/mol. The largest absolute Gasteiger partial charge is 0.447 e. The Bertz CT molecular complexity index is 671. The van der Waals surface area contributed by atoms with Crippen molar-refractivity contribution in [2.24, 2.45) is 0 Å². The van der Waals surface area contributed by atoms with Gasteiger partial charge in [-0.05, 0) is 12.8 Å². The average Bonchev–Trinajstić information content (AvgIpc) is 3.09. The van der Waals surface area contributed by atoms with Crippen molar-refractivity contribution in [2.45, 2.75) is 32.0 Å². The number of imidazole rings is 1. The molecule has 1 aliphatic heterocycles. The molecule has 1 saturated carbocycles. The second-order valence-electron chi connectivity index (χ2n) is 6.43. The first-order valence-corrected chi connectivity index (χ1v) is 8.44. The smallest absolute Gasteiger partial charge is 0.275 e. The van der Waals surface area contributed by atoms with Crippen LogP contribution in [0.5, 0.6) is 0 Å². The van der Waals surface area contributed by atoms with Gasteiger partial charge in [0.15, 0.2) is 5.69 Å². The maximum absolute atomic E-state index is 12.5. The highest BCUT2D eigenvalue weighted by atomic mass is 16.3. The molecule has 2 aromatic rings. The first-order chi connectivity index (χ1) is 11.8.